The van der Waals surface area contributed by atoms with Crippen LogP contribution in [0.2, 0.25) is 0 Å². The van der Waals surface area contributed by atoms with E-state index in [2.05, 4.69) is 20.4 Å². The first kappa shape index (κ1) is 9.72. The van der Waals surface area contributed by atoms with Gasteiger partial charge in [0.1, 0.15) is 6.29 Å². The Kier molecular flexibility index (Phi) is 3.02. The lowest BCUT2D eigenvalue weighted by Gasteiger charge is -2.05. The van der Waals surface area contributed by atoms with Crippen molar-refractivity contribution in [2.75, 3.05) is 0 Å². The van der Waals surface area contributed by atoms with Crippen LogP contribution in [-0.2, 0) is 4.79 Å². The summed E-state index contributed by atoms with van der Waals surface area (Å²) in [6.07, 6.45) is 0.782. The minimum Gasteiger partial charge on any atom is -0.298 e. The maximum absolute atomic E-state index is 10.4. The standard InChI is InChI=1S/C12H14O/c1-9(2)11-4-6-12(7-5-11)10(3)8-13/h4-9H,3H2,1-2H3. The molecule has 1 nitrogen and oxygen atoms in total. The molecule has 0 heterocycles. The molecule has 13 heavy (non-hydrogen) atoms. The molecule has 0 aliphatic heterocycles. The van der Waals surface area contributed by atoms with Gasteiger partial charge in [-0.15, -0.1) is 0 Å². The highest BCUT2D eigenvalue weighted by Crippen LogP contribution is 2.17. The van der Waals surface area contributed by atoms with Crippen LogP contribution in [0.3, 0.4) is 0 Å². The minimum atomic E-state index is 0.526. The number of hydrogen-bond donors (Lipinski definition) is 0. The number of carbonyl (C=O) groups is 1. The van der Waals surface area contributed by atoms with E-state index in [9.17, 15) is 4.79 Å². The predicted molar refractivity (Wildman–Crippen MR) is 55.6 cm³/mol. The summed E-state index contributed by atoms with van der Waals surface area (Å²) >= 11 is 0. The van der Waals surface area contributed by atoms with Gasteiger partial charge >= 0.3 is 0 Å². The van der Waals surface area contributed by atoms with Crippen LogP contribution in [0.15, 0.2) is 30.8 Å². The van der Waals surface area contributed by atoms with Crippen LogP contribution >= 0.6 is 0 Å². The van der Waals surface area contributed by atoms with Crippen molar-refractivity contribution in [3.05, 3.63) is 42.0 Å². The third kappa shape index (κ3) is 2.28. The maximum atomic E-state index is 10.4. The van der Waals surface area contributed by atoms with E-state index >= 15 is 0 Å². The van der Waals surface area contributed by atoms with Crippen molar-refractivity contribution in [1.82, 2.24) is 0 Å². The monoisotopic (exact) mass is 174 g/mol. The van der Waals surface area contributed by atoms with Gasteiger partial charge in [-0.3, -0.25) is 4.79 Å². The molecule has 68 valence electrons. The zero-order valence-electron chi connectivity index (χ0n) is 8.08. The average molecular weight is 174 g/mol. The lowest BCUT2D eigenvalue weighted by molar-refractivity contribution is -0.103. The number of allylic oxidation sites excluding steroid dienone is 1. The van der Waals surface area contributed by atoms with E-state index in [1.54, 1.807) is 0 Å². The topological polar surface area (TPSA) is 17.1 Å². The first-order valence-electron chi connectivity index (χ1n) is 4.39. The third-order valence-corrected chi connectivity index (χ3v) is 2.09. The molecular formula is C12H14O. The van der Waals surface area contributed by atoms with Gasteiger partial charge in [0.2, 0.25) is 0 Å². The van der Waals surface area contributed by atoms with E-state index in [4.69, 9.17) is 0 Å². The average Bonchev–Trinajstić information content (AvgIpc) is 2.17. The largest absolute Gasteiger partial charge is 0.298 e. The molecule has 0 unspecified atom stereocenters. The van der Waals surface area contributed by atoms with Crippen molar-refractivity contribution in [2.45, 2.75) is 19.8 Å². The Labute approximate surface area is 79.1 Å². The van der Waals surface area contributed by atoms with Gasteiger partial charge in [0.05, 0.1) is 0 Å². The van der Waals surface area contributed by atoms with E-state index in [0.717, 1.165) is 11.8 Å². The van der Waals surface area contributed by atoms with Crippen molar-refractivity contribution in [3.63, 3.8) is 0 Å². The molecular weight excluding hydrogens is 160 g/mol. The second-order valence-electron chi connectivity index (χ2n) is 3.42. The molecule has 1 rings (SSSR count). The first-order chi connectivity index (χ1) is 6.15. The number of carbonyl (C=O) groups excluding carboxylic acids is 1. The highest BCUT2D eigenvalue weighted by atomic mass is 16.1. The van der Waals surface area contributed by atoms with Crippen LogP contribution in [0.5, 0.6) is 0 Å². The van der Waals surface area contributed by atoms with Gasteiger partial charge in [0.15, 0.2) is 0 Å². The molecule has 0 amide bonds. The Morgan fingerprint density at radius 3 is 2.23 bits per heavy atom. The van der Waals surface area contributed by atoms with Gasteiger partial charge in [-0.1, -0.05) is 44.7 Å². The summed E-state index contributed by atoms with van der Waals surface area (Å²) in [6, 6.07) is 7.95. The molecule has 0 aromatic heterocycles. The van der Waals surface area contributed by atoms with Gasteiger partial charge in [-0.2, -0.15) is 0 Å². The lowest BCUT2D eigenvalue weighted by Crippen LogP contribution is -1.88. The van der Waals surface area contributed by atoms with E-state index < -0.39 is 0 Å². The van der Waals surface area contributed by atoms with Gasteiger partial charge in [0.25, 0.3) is 0 Å². The van der Waals surface area contributed by atoms with E-state index in [1.165, 1.54) is 5.56 Å². The second kappa shape index (κ2) is 4.04. The normalized spacial score (nSPS) is 10.1. The van der Waals surface area contributed by atoms with Crippen LogP contribution in [0.1, 0.15) is 30.9 Å². The Morgan fingerprint density at radius 2 is 1.85 bits per heavy atom. The van der Waals surface area contributed by atoms with Crippen LogP contribution in [0.4, 0.5) is 0 Å². The summed E-state index contributed by atoms with van der Waals surface area (Å²) in [5.74, 6) is 0.526. The van der Waals surface area contributed by atoms with Gasteiger partial charge in [-0.25, -0.2) is 0 Å². The molecule has 0 atom stereocenters. The lowest BCUT2D eigenvalue weighted by atomic mass is 10.00. The van der Waals surface area contributed by atoms with Crippen LogP contribution in [0, 0.1) is 0 Å². The van der Waals surface area contributed by atoms with E-state index in [1.807, 2.05) is 24.3 Å². The first-order valence-corrected chi connectivity index (χ1v) is 4.39. The third-order valence-electron chi connectivity index (χ3n) is 2.09. The van der Waals surface area contributed by atoms with Crippen LogP contribution < -0.4 is 0 Å². The number of rotatable bonds is 3. The smallest absolute Gasteiger partial charge is 0.150 e. The Morgan fingerprint density at radius 1 is 1.31 bits per heavy atom. The number of hydrogen-bond acceptors (Lipinski definition) is 1. The van der Waals surface area contributed by atoms with Gasteiger partial charge < -0.3 is 0 Å². The number of aldehydes is 1. The molecule has 0 bridgehead atoms. The van der Waals surface area contributed by atoms with Crippen molar-refractivity contribution < 1.29 is 4.79 Å². The molecule has 1 heteroatoms. The molecule has 1 aromatic rings. The zero-order chi connectivity index (χ0) is 9.84. The fourth-order valence-electron chi connectivity index (χ4n) is 1.15. The van der Waals surface area contributed by atoms with Gasteiger partial charge in [-0.05, 0) is 17.0 Å². The predicted octanol–water partition coefficient (Wildman–Crippen LogP) is 3.02. The Balaban J connectivity index is 2.93. The van der Waals surface area contributed by atoms with E-state index in [-0.39, 0.29) is 0 Å². The maximum Gasteiger partial charge on any atom is 0.150 e. The van der Waals surface area contributed by atoms with E-state index in [0.29, 0.717) is 11.5 Å². The summed E-state index contributed by atoms with van der Waals surface area (Å²) in [5, 5.41) is 0. The molecule has 1 aromatic carbocycles. The van der Waals surface area contributed by atoms with Crippen molar-refractivity contribution in [1.29, 1.82) is 0 Å². The SMILES string of the molecule is C=C(C=O)c1ccc(C(C)C)cc1. The summed E-state index contributed by atoms with van der Waals surface area (Å²) in [4.78, 5) is 10.4. The molecule has 0 saturated heterocycles. The highest BCUT2D eigenvalue weighted by Gasteiger charge is 2.00. The Hall–Kier alpha value is -1.37. The van der Waals surface area contributed by atoms with Crippen LogP contribution in [0.25, 0.3) is 5.57 Å². The molecule has 0 spiro atoms. The van der Waals surface area contributed by atoms with Gasteiger partial charge in [0, 0.05) is 5.57 Å². The molecule has 0 radical (unpaired) electrons. The molecule has 0 fully saturated rings. The fourth-order valence-corrected chi connectivity index (χ4v) is 1.15. The van der Waals surface area contributed by atoms with Crippen molar-refractivity contribution >= 4 is 11.9 Å². The summed E-state index contributed by atoms with van der Waals surface area (Å²) in [7, 11) is 0. The molecule has 0 saturated carbocycles. The van der Waals surface area contributed by atoms with Crippen molar-refractivity contribution in [2.24, 2.45) is 0 Å². The van der Waals surface area contributed by atoms with Crippen LogP contribution in [-0.4, -0.2) is 6.29 Å². The fraction of sp³-hybridized carbons (Fsp3) is 0.250. The molecule has 0 N–H and O–H groups in total. The zero-order valence-corrected chi connectivity index (χ0v) is 8.08. The quantitative estimate of drug-likeness (QED) is 0.508. The number of benzene rings is 1. The second-order valence-corrected chi connectivity index (χ2v) is 3.42. The Bertz CT molecular complexity index is 306. The summed E-state index contributed by atoms with van der Waals surface area (Å²) < 4.78 is 0. The molecule has 0 aliphatic carbocycles. The highest BCUT2D eigenvalue weighted by molar-refractivity contribution is 6.05. The minimum absolute atomic E-state index is 0.526. The molecule has 0 aliphatic rings. The van der Waals surface area contributed by atoms with Crippen molar-refractivity contribution in [3.8, 4) is 0 Å². The summed E-state index contributed by atoms with van der Waals surface area (Å²) in [5.41, 5.74) is 2.72. The summed E-state index contributed by atoms with van der Waals surface area (Å²) in [6.45, 7) is 7.93.